The Balaban J connectivity index is 3.02. The highest BCUT2D eigenvalue weighted by atomic mass is 16.2. The summed E-state index contributed by atoms with van der Waals surface area (Å²) in [4.78, 5) is 28.0. The van der Waals surface area contributed by atoms with Gasteiger partial charge in [-0.1, -0.05) is 0 Å². The van der Waals surface area contributed by atoms with Crippen molar-refractivity contribution >= 4 is 11.4 Å². The van der Waals surface area contributed by atoms with Crippen LogP contribution in [0.3, 0.4) is 0 Å². The van der Waals surface area contributed by atoms with E-state index in [-0.39, 0.29) is 22.4 Å². The summed E-state index contributed by atoms with van der Waals surface area (Å²) in [6, 6.07) is 0.135. The van der Waals surface area contributed by atoms with Gasteiger partial charge in [-0.3, -0.25) is 9.59 Å². The minimum Gasteiger partial charge on any atom is -0.378 e. The van der Waals surface area contributed by atoms with Crippen molar-refractivity contribution < 1.29 is 0 Å². The van der Waals surface area contributed by atoms with Crippen molar-refractivity contribution in [1.29, 1.82) is 0 Å². The Morgan fingerprint density at radius 1 is 1.05 bits per heavy atom. The molecule has 21 heavy (non-hydrogen) atoms. The van der Waals surface area contributed by atoms with E-state index < -0.39 is 0 Å². The first-order valence-electron chi connectivity index (χ1n) is 7.58. The molecule has 0 atom stereocenters. The van der Waals surface area contributed by atoms with E-state index in [1.807, 2.05) is 27.9 Å². The molecule has 0 heterocycles. The first kappa shape index (κ1) is 17.7. The third-order valence-corrected chi connectivity index (χ3v) is 3.38. The maximum Gasteiger partial charge on any atom is 0.253 e. The predicted molar refractivity (Wildman–Crippen MR) is 90.4 cm³/mol. The fraction of sp³-hybridized carbons (Fsp3) is 0.750. The van der Waals surface area contributed by atoms with E-state index in [0.29, 0.717) is 11.4 Å². The molecule has 1 N–H and O–H groups in total. The van der Waals surface area contributed by atoms with E-state index in [2.05, 4.69) is 35.9 Å². The van der Waals surface area contributed by atoms with Crippen LogP contribution in [0.2, 0.25) is 0 Å². The molecule has 0 aromatic heterocycles. The van der Waals surface area contributed by atoms with E-state index in [4.69, 9.17) is 0 Å². The first-order valence-corrected chi connectivity index (χ1v) is 7.58. The zero-order valence-electron chi connectivity index (χ0n) is 14.4. The van der Waals surface area contributed by atoms with Crippen molar-refractivity contribution in [2.75, 3.05) is 37.4 Å². The summed E-state index contributed by atoms with van der Waals surface area (Å²) in [7, 11) is 4.06. The monoisotopic (exact) mass is 295 g/mol. The Labute approximate surface area is 127 Å². The Morgan fingerprint density at radius 3 is 2.05 bits per heavy atom. The molecule has 0 aliphatic rings. The molecule has 0 bridgehead atoms. The molecule has 1 rings (SSSR count). The highest BCUT2D eigenvalue weighted by Gasteiger charge is 2.32. The van der Waals surface area contributed by atoms with Crippen molar-refractivity contribution in [2.45, 2.75) is 52.6 Å². The molecule has 120 valence electrons. The fourth-order valence-electron chi connectivity index (χ4n) is 2.39. The summed E-state index contributed by atoms with van der Waals surface area (Å²) in [5.41, 5.74) is 0.0928. The molecular weight excluding hydrogens is 266 g/mol. The lowest BCUT2D eigenvalue weighted by molar-refractivity contribution is 0.388. The van der Waals surface area contributed by atoms with Crippen LogP contribution in [0.1, 0.15) is 41.0 Å². The van der Waals surface area contributed by atoms with Crippen LogP contribution in [0.25, 0.3) is 0 Å². The molecule has 0 fully saturated rings. The second kappa shape index (κ2) is 6.60. The molecule has 0 spiro atoms. The minimum atomic E-state index is -0.388. The summed E-state index contributed by atoms with van der Waals surface area (Å²) in [5.74, 6) is 0. The minimum absolute atomic E-state index is 0.135. The van der Waals surface area contributed by atoms with Gasteiger partial charge in [-0.15, -0.1) is 0 Å². The molecule has 0 saturated carbocycles. The van der Waals surface area contributed by atoms with E-state index >= 15 is 0 Å². The highest BCUT2D eigenvalue weighted by Crippen LogP contribution is 2.28. The quantitative estimate of drug-likeness (QED) is 0.775. The van der Waals surface area contributed by atoms with E-state index in [9.17, 15) is 9.59 Å². The first-order chi connectivity index (χ1) is 9.55. The van der Waals surface area contributed by atoms with Crippen LogP contribution in [-0.2, 0) is 0 Å². The summed E-state index contributed by atoms with van der Waals surface area (Å²) >= 11 is 0. The average molecular weight is 295 g/mol. The van der Waals surface area contributed by atoms with Crippen LogP contribution < -0.4 is 21.1 Å². The summed E-state index contributed by atoms with van der Waals surface area (Å²) in [5, 5.41) is 3.12. The van der Waals surface area contributed by atoms with Crippen molar-refractivity contribution in [3.8, 4) is 0 Å². The largest absolute Gasteiger partial charge is 0.378 e. The highest BCUT2D eigenvalue weighted by molar-refractivity contribution is 5.76. The van der Waals surface area contributed by atoms with Gasteiger partial charge in [0.1, 0.15) is 11.4 Å². The predicted octanol–water partition coefficient (Wildman–Crippen LogP) is 1.66. The van der Waals surface area contributed by atoms with Gasteiger partial charge < -0.3 is 15.1 Å². The zero-order valence-corrected chi connectivity index (χ0v) is 14.4. The van der Waals surface area contributed by atoms with Gasteiger partial charge in [0.05, 0.1) is 0 Å². The van der Waals surface area contributed by atoms with Crippen molar-refractivity contribution in [1.82, 2.24) is 4.90 Å². The number of nitrogens with one attached hydrogen (secondary N) is 1. The molecule has 5 nitrogen and oxygen atoms in total. The standard InChI is InChI=1S/C16H29N3O2/c1-11(2)17-12-13(15(21)14(12)20)19(16(3,4)5)10-8-9-18(6)7/h11,17H,8-10H2,1-7H3. The number of anilines is 2. The van der Waals surface area contributed by atoms with Gasteiger partial charge in [0.2, 0.25) is 0 Å². The van der Waals surface area contributed by atoms with Crippen molar-refractivity contribution in [2.24, 2.45) is 0 Å². The SMILES string of the molecule is CC(C)Nc1c(N(CCCN(C)C)C(C)(C)C)c(=O)c1=O. The Bertz CT molecular complexity index is 534. The van der Waals surface area contributed by atoms with E-state index in [0.717, 1.165) is 19.5 Å². The topological polar surface area (TPSA) is 52.6 Å². The van der Waals surface area contributed by atoms with Gasteiger partial charge in [-0.05, 0) is 61.7 Å². The van der Waals surface area contributed by atoms with Gasteiger partial charge in [-0.2, -0.15) is 0 Å². The maximum absolute atomic E-state index is 12.0. The van der Waals surface area contributed by atoms with Gasteiger partial charge >= 0.3 is 0 Å². The molecule has 0 saturated heterocycles. The van der Waals surface area contributed by atoms with Gasteiger partial charge in [0.15, 0.2) is 0 Å². The van der Waals surface area contributed by atoms with Crippen molar-refractivity contribution in [3.63, 3.8) is 0 Å². The van der Waals surface area contributed by atoms with E-state index in [1.165, 1.54) is 0 Å². The third-order valence-electron chi connectivity index (χ3n) is 3.38. The molecule has 1 aromatic rings. The molecule has 0 aliphatic heterocycles. The molecule has 1 aromatic carbocycles. The summed E-state index contributed by atoms with van der Waals surface area (Å²) in [6.45, 7) is 11.9. The number of rotatable bonds is 7. The average Bonchev–Trinajstić information content (AvgIpc) is 2.33. The lowest BCUT2D eigenvalue weighted by Crippen LogP contribution is -2.51. The molecule has 0 radical (unpaired) electrons. The van der Waals surface area contributed by atoms with Crippen LogP contribution in [0.5, 0.6) is 0 Å². The number of hydrogen-bond donors (Lipinski definition) is 1. The fourth-order valence-corrected chi connectivity index (χ4v) is 2.39. The Hall–Kier alpha value is -1.36. The van der Waals surface area contributed by atoms with Crippen molar-refractivity contribution in [3.05, 3.63) is 20.4 Å². The zero-order chi connectivity index (χ0) is 16.4. The van der Waals surface area contributed by atoms with Crippen LogP contribution in [0, 0.1) is 0 Å². The summed E-state index contributed by atoms with van der Waals surface area (Å²) < 4.78 is 0. The number of hydrogen-bond acceptors (Lipinski definition) is 5. The van der Waals surface area contributed by atoms with Gasteiger partial charge in [-0.25, -0.2) is 0 Å². The van der Waals surface area contributed by atoms with Gasteiger partial charge in [0.25, 0.3) is 10.9 Å². The molecule has 0 aliphatic carbocycles. The molecule has 0 unspecified atom stereocenters. The second-order valence-corrected chi connectivity index (χ2v) is 7.16. The summed E-state index contributed by atoms with van der Waals surface area (Å²) in [6.07, 6.45) is 0.949. The third kappa shape index (κ3) is 4.30. The van der Waals surface area contributed by atoms with Crippen LogP contribution in [0.15, 0.2) is 9.59 Å². The molecule has 5 heteroatoms. The smallest absolute Gasteiger partial charge is 0.253 e. The van der Waals surface area contributed by atoms with Gasteiger partial charge in [0, 0.05) is 18.1 Å². The second-order valence-electron chi connectivity index (χ2n) is 7.16. The van der Waals surface area contributed by atoms with Crippen LogP contribution in [0.4, 0.5) is 11.4 Å². The molecule has 0 amide bonds. The molecular formula is C16H29N3O2. The van der Waals surface area contributed by atoms with Crippen LogP contribution >= 0.6 is 0 Å². The lowest BCUT2D eigenvalue weighted by atomic mass is 10.0. The lowest BCUT2D eigenvalue weighted by Gasteiger charge is -2.39. The normalized spacial score (nSPS) is 12.4. The van der Waals surface area contributed by atoms with Crippen LogP contribution in [-0.4, -0.2) is 43.7 Å². The van der Waals surface area contributed by atoms with E-state index in [1.54, 1.807) is 0 Å². The number of nitrogens with zero attached hydrogens (tertiary/aromatic N) is 2. The Kier molecular flexibility index (Phi) is 5.56. The Morgan fingerprint density at radius 2 is 1.62 bits per heavy atom. The maximum atomic E-state index is 12.0.